The monoisotopic (exact) mass is 303 g/mol. The van der Waals surface area contributed by atoms with Gasteiger partial charge in [0.05, 0.1) is 0 Å². The van der Waals surface area contributed by atoms with Crippen LogP contribution < -0.4 is 5.32 Å². The van der Waals surface area contributed by atoms with Crippen molar-refractivity contribution >= 4 is 11.5 Å². The van der Waals surface area contributed by atoms with Crippen LogP contribution in [0.2, 0.25) is 0 Å². The second kappa shape index (κ2) is 7.00. The predicted molar refractivity (Wildman–Crippen MR) is 85.7 cm³/mol. The maximum Gasteiger partial charge on any atom is 0.200 e. The molecule has 3 rings (SSSR count). The Morgan fingerprint density at radius 1 is 1.18 bits per heavy atom. The predicted octanol–water partition coefficient (Wildman–Crippen LogP) is 1.83. The highest BCUT2D eigenvalue weighted by Gasteiger charge is 2.27. The van der Waals surface area contributed by atoms with Crippen LogP contribution >= 0.6 is 0 Å². The average molecular weight is 303 g/mol. The minimum absolute atomic E-state index is 0.573. The van der Waals surface area contributed by atoms with Crippen molar-refractivity contribution in [3.63, 3.8) is 0 Å². The van der Waals surface area contributed by atoms with Gasteiger partial charge in [0.2, 0.25) is 0 Å². The lowest BCUT2D eigenvalue weighted by Crippen LogP contribution is -2.43. The van der Waals surface area contributed by atoms with E-state index in [0.717, 1.165) is 18.3 Å². The molecule has 0 spiro atoms. The molecule has 0 amide bonds. The van der Waals surface area contributed by atoms with Crippen molar-refractivity contribution in [1.82, 2.24) is 30.2 Å². The van der Waals surface area contributed by atoms with E-state index in [1.54, 1.807) is 0 Å². The Kier molecular flexibility index (Phi) is 4.82. The van der Waals surface area contributed by atoms with Gasteiger partial charge in [-0.3, -0.25) is 4.90 Å². The van der Waals surface area contributed by atoms with E-state index in [0.29, 0.717) is 11.7 Å². The molecule has 1 fully saturated rings. The molecule has 120 valence electrons. The molecule has 7 nitrogen and oxygen atoms in total. The fourth-order valence-corrected chi connectivity index (χ4v) is 3.45. The topological polar surface area (TPSA) is 71.2 Å². The maximum atomic E-state index is 4.40. The fourth-order valence-electron chi connectivity index (χ4n) is 3.45. The van der Waals surface area contributed by atoms with Gasteiger partial charge in [-0.1, -0.05) is 26.7 Å². The van der Waals surface area contributed by atoms with Crippen LogP contribution in [0.3, 0.4) is 0 Å². The highest BCUT2D eigenvalue weighted by atomic mass is 15.6. The van der Waals surface area contributed by atoms with Crippen LogP contribution in [0, 0.1) is 5.92 Å². The summed E-state index contributed by atoms with van der Waals surface area (Å²) < 4.78 is 1.46. The van der Waals surface area contributed by atoms with Gasteiger partial charge in [-0.2, -0.15) is 0 Å². The van der Waals surface area contributed by atoms with Crippen molar-refractivity contribution < 1.29 is 0 Å². The summed E-state index contributed by atoms with van der Waals surface area (Å²) in [6, 6.07) is 4.40. The second-order valence-corrected chi connectivity index (χ2v) is 6.01. The SMILES string of the molecule is CCC(CC)[C@H](CNc1ccc2nnnn2n1)N1CCCC1. The highest BCUT2D eigenvalue weighted by Crippen LogP contribution is 2.23. The second-order valence-electron chi connectivity index (χ2n) is 6.01. The molecule has 0 bridgehead atoms. The van der Waals surface area contributed by atoms with E-state index in [-0.39, 0.29) is 0 Å². The largest absolute Gasteiger partial charge is 0.367 e. The van der Waals surface area contributed by atoms with Gasteiger partial charge in [0, 0.05) is 12.6 Å². The van der Waals surface area contributed by atoms with Gasteiger partial charge in [-0.25, -0.2) is 0 Å². The van der Waals surface area contributed by atoms with E-state index >= 15 is 0 Å². The van der Waals surface area contributed by atoms with Gasteiger partial charge >= 0.3 is 0 Å². The van der Waals surface area contributed by atoms with Crippen molar-refractivity contribution in [3.8, 4) is 0 Å². The third-order valence-electron chi connectivity index (χ3n) is 4.76. The maximum absolute atomic E-state index is 4.40. The first-order chi connectivity index (χ1) is 10.8. The molecule has 1 N–H and O–H groups in total. The van der Waals surface area contributed by atoms with Crippen LogP contribution in [0.1, 0.15) is 39.5 Å². The number of aromatic nitrogens is 5. The Morgan fingerprint density at radius 2 is 1.95 bits per heavy atom. The first-order valence-electron chi connectivity index (χ1n) is 8.35. The third kappa shape index (κ3) is 3.19. The lowest BCUT2D eigenvalue weighted by molar-refractivity contribution is 0.175. The molecule has 0 saturated carbocycles. The van der Waals surface area contributed by atoms with Crippen LogP contribution in [0.4, 0.5) is 5.82 Å². The van der Waals surface area contributed by atoms with E-state index < -0.39 is 0 Å². The molecule has 0 unspecified atom stereocenters. The van der Waals surface area contributed by atoms with Crippen LogP contribution in [-0.4, -0.2) is 55.8 Å². The molecule has 1 aliphatic heterocycles. The van der Waals surface area contributed by atoms with E-state index in [1.165, 1.54) is 43.4 Å². The Hall–Kier alpha value is -1.76. The standard InChI is InChI=1S/C15H25N7/c1-3-12(4-2)13(21-9-5-6-10-21)11-16-14-7-8-15-17-19-20-22(15)18-14/h7-8,12-13H,3-6,9-11H2,1-2H3,(H,16,18)/t13-/m0/s1. The van der Waals surface area contributed by atoms with Crippen LogP contribution in [0.25, 0.3) is 5.65 Å². The fraction of sp³-hybridized carbons (Fsp3) is 0.733. The van der Waals surface area contributed by atoms with Gasteiger partial charge in [0.15, 0.2) is 5.65 Å². The van der Waals surface area contributed by atoms with Gasteiger partial charge in [-0.05, 0) is 54.4 Å². The van der Waals surface area contributed by atoms with Crippen molar-refractivity contribution in [2.24, 2.45) is 5.92 Å². The number of nitrogens with zero attached hydrogens (tertiary/aromatic N) is 6. The summed E-state index contributed by atoms with van der Waals surface area (Å²) in [5.74, 6) is 1.55. The molecule has 1 saturated heterocycles. The summed E-state index contributed by atoms with van der Waals surface area (Å²) >= 11 is 0. The molecule has 0 aliphatic carbocycles. The van der Waals surface area contributed by atoms with E-state index in [1.807, 2.05) is 12.1 Å². The average Bonchev–Trinajstić information content (AvgIpc) is 3.22. The molecular formula is C15H25N7. The van der Waals surface area contributed by atoms with Crippen molar-refractivity contribution in [2.75, 3.05) is 25.0 Å². The van der Waals surface area contributed by atoms with Gasteiger partial charge in [-0.15, -0.1) is 14.8 Å². The summed E-state index contributed by atoms with van der Waals surface area (Å²) in [7, 11) is 0. The van der Waals surface area contributed by atoms with Crippen LogP contribution in [0.15, 0.2) is 12.1 Å². The lowest BCUT2D eigenvalue weighted by Gasteiger charge is -2.34. The summed E-state index contributed by atoms with van der Waals surface area (Å²) in [6.07, 6.45) is 5.09. The van der Waals surface area contributed by atoms with Crippen LogP contribution in [-0.2, 0) is 0 Å². The van der Waals surface area contributed by atoms with Crippen LogP contribution in [0.5, 0.6) is 0 Å². The van der Waals surface area contributed by atoms with E-state index in [2.05, 4.69) is 44.7 Å². The number of hydrogen-bond donors (Lipinski definition) is 1. The van der Waals surface area contributed by atoms with Crippen molar-refractivity contribution in [2.45, 2.75) is 45.6 Å². The molecule has 2 aromatic rings. The molecule has 0 radical (unpaired) electrons. The zero-order valence-electron chi connectivity index (χ0n) is 13.4. The number of tetrazole rings is 1. The summed E-state index contributed by atoms with van der Waals surface area (Å²) in [5, 5.41) is 19.2. The molecule has 3 heterocycles. The number of anilines is 1. The number of fused-ring (bicyclic) bond motifs is 1. The quantitative estimate of drug-likeness (QED) is 0.841. The highest BCUT2D eigenvalue weighted by molar-refractivity contribution is 5.42. The molecule has 2 aromatic heterocycles. The van der Waals surface area contributed by atoms with Crippen molar-refractivity contribution in [3.05, 3.63) is 12.1 Å². The van der Waals surface area contributed by atoms with E-state index in [4.69, 9.17) is 0 Å². The smallest absolute Gasteiger partial charge is 0.200 e. The summed E-state index contributed by atoms with van der Waals surface area (Å²) in [5.41, 5.74) is 0.668. The van der Waals surface area contributed by atoms with Crippen molar-refractivity contribution in [1.29, 1.82) is 0 Å². The number of nitrogens with one attached hydrogen (secondary N) is 1. The molecule has 1 aliphatic rings. The molecular weight excluding hydrogens is 278 g/mol. The Morgan fingerprint density at radius 3 is 2.68 bits per heavy atom. The minimum Gasteiger partial charge on any atom is -0.367 e. The number of rotatable bonds is 7. The van der Waals surface area contributed by atoms with E-state index in [9.17, 15) is 0 Å². The zero-order chi connectivity index (χ0) is 15.4. The third-order valence-corrected chi connectivity index (χ3v) is 4.76. The number of likely N-dealkylation sites (tertiary alicyclic amines) is 1. The molecule has 1 atom stereocenters. The summed E-state index contributed by atoms with van der Waals surface area (Å²) in [6.45, 7) is 7.96. The number of hydrogen-bond acceptors (Lipinski definition) is 6. The Bertz CT molecular complexity index is 584. The molecule has 22 heavy (non-hydrogen) atoms. The first-order valence-corrected chi connectivity index (χ1v) is 8.35. The Balaban J connectivity index is 1.69. The summed E-state index contributed by atoms with van der Waals surface area (Å²) in [4.78, 5) is 2.64. The normalized spacial score (nSPS) is 17.4. The molecule has 0 aromatic carbocycles. The minimum atomic E-state index is 0.573. The first kappa shape index (κ1) is 15.1. The van der Waals surface area contributed by atoms with Gasteiger partial charge < -0.3 is 5.32 Å². The Labute approximate surface area is 131 Å². The zero-order valence-corrected chi connectivity index (χ0v) is 13.4. The molecule has 7 heteroatoms. The van der Waals surface area contributed by atoms with Gasteiger partial charge in [0.25, 0.3) is 0 Å². The van der Waals surface area contributed by atoms with Gasteiger partial charge in [0.1, 0.15) is 5.82 Å². The lowest BCUT2D eigenvalue weighted by atomic mass is 9.93.